The second kappa shape index (κ2) is 8.61. The van der Waals surface area contributed by atoms with E-state index in [9.17, 15) is 18.0 Å². The summed E-state index contributed by atoms with van der Waals surface area (Å²) in [7, 11) is -0.407. The van der Waals surface area contributed by atoms with Crippen LogP contribution < -0.4 is 5.32 Å². The predicted molar refractivity (Wildman–Crippen MR) is 98.1 cm³/mol. The van der Waals surface area contributed by atoms with E-state index in [1.54, 1.807) is 31.3 Å². The van der Waals surface area contributed by atoms with Crippen LogP contribution in [0.15, 0.2) is 29.2 Å². The van der Waals surface area contributed by atoms with Crippen molar-refractivity contribution in [3.8, 4) is 0 Å². The van der Waals surface area contributed by atoms with Gasteiger partial charge in [0.25, 0.3) is 0 Å². The SMILES string of the molecule is CNC(=O)CN(C)C(=O)CN1CCN(S(=O)(=O)c2ccc(C)cc2)CC1. The third-order valence-electron chi connectivity index (χ3n) is 4.43. The van der Waals surface area contributed by atoms with Crippen LogP contribution in [0.5, 0.6) is 0 Å². The number of aryl methyl sites for hydroxylation is 1. The zero-order valence-corrected chi connectivity index (χ0v) is 16.3. The molecule has 0 aliphatic carbocycles. The van der Waals surface area contributed by atoms with Crippen LogP contribution in [0.1, 0.15) is 5.56 Å². The van der Waals surface area contributed by atoms with Gasteiger partial charge in [-0.3, -0.25) is 14.5 Å². The van der Waals surface area contributed by atoms with Crippen LogP contribution in [0, 0.1) is 6.92 Å². The summed E-state index contributed by atoms with van der Waals surface area (Å²) in [6, 6.07) is 6.80. The summed E-state index contributed by atoms with van der Waals surface area (Å²) in [5.41, 5.74) is 1.01. The molecular weight excluding hydrogens is 356 g/mol. The molecule has 0 bridgehead atoms. The molecule has 9 heteroatoms. The summed E-state index contributed by atoms with van der Waals surface area (Å²) in [6.45, 7) is 3.72. The van der Waals surface area contributed by atoms with Gasteiger partial charge in [0, 0.05) is 40.3 Å². The van der Waals surface area contributed by atoms with Crippen molar-refractivity contribution in [2.24, 2.45) is 0 Å². The highest BCUT2D eigenvalue weighted by molar-refractivity contribution is 7.89. The van der Waals surface area contributed by atoms with Gasteiger partial charge in [-0.05, 0) is 19.1 Å². The van der Waals surface area contributed by atoms with E-state index >= 15 is 0 Å². The number of nitrogens with zero attached hydrogens (tertiary/aromatic N) is 3. The number of hydrogen-bond donors (Lipinski definition) is 1. The Hall–Kier alpha value is -1.97. The lowest BCUT2D eigenvalue weighted by molar-refractivity contribution is -0.135. The van der Waals surface area contributed by atoms with Crippen molar-refractivity contribution >= 4 is 21.8 Å². The number of carbonyl (C=O) groups excluding carboxylic acids is 2. The lowest BCUT2D eigenvalue weighted by atomic mass is 10.2. The Morgan fingerprint density at radius 2 is 1.69 bits per heavy atom. The highest BCUT2D eigenvalue weighted by atomic mass is 32.2. The molecule has 2 amide bonds. The first-order valence-electron chi connectivity index (χ1n) is 8.47. The molecule has 1 heterocycles. The molecule has 8 nitrogen and oxygen atoms in total. The van der Waals surface area contributed by atoms with E-state index in [0.717, 1.165) is 5.56 Å². The number of hydrogen-bond acceptors (Lipinski definition) is 5. The van der Waals surface area contributed by atoms with Gasteiger partial charge in [-0.1, -0.05) is 17.7 Å². The van der Waals surface area contributed by atoms with Crippen LogP contribution in [-0.2, 0) is 19.6 Å². The zero-order valence-electron chi connectivity index (χ0n) is 15.4. The van der Waals surface area contributed by atoms with Crippen molar-refractivity contribution in [2.45, 2.75) is 11.8 Å². The van der Waals surface area contributed by atoms with Crippen molar-refractivity contribution in [1.29, 1.82) is 0 Å². The third-order valence-corrected chi connectivity index (χ3v) is 6.35. The van der Waals surface area contributed by atoms with Crippen molar-refractivity contribution < 1.29 is 18.0 Å². The first-order valence-corrected chi connectivity index (χ1v) is 9.92. The average Bonchev–Trinajstić information content (AvgIpc) is 2.62. The average molecular weight is 382 g/mol. The lowest BCUT2D eigenvalue weighted by Crippen LogP contribution is -2.51. The first kappa shape index (κ1) is 20.3. The molecular formula is C17H26N4O4S. The van der Waals surface area contributed by atoms with Crippen LogP contribution in [0.2, 0.25) is 0 Å². The fraction of sp³-hybridized carbons (Fsp3) is 0.529. The van der Waals surface area contributed by atoms with E-state index in [1.165, 1.54) is 16.3 Å². The van der Waals surface area contributed by atoms with E-state index in [1.807, 2.05) is 11.8 Å². The Labute approximate surface area is 154 Å². The van der Waals surface area contributed by atoms with Gasteiger partial charge >= 0.3 is 0 Å². The van der Waals surface area contributed by atoms with Crippen LogP contribution in [0.4, 0.5) is 0 Å². The minimum Gasteiger partial charge on any atom is -0.358 e. The molecule has 0 radical (unpaired) electrons. The van der Waals surface area contributed by atoms with Gasteiger partial charge in [0.05, 0.1) is 18.0 Å². The predicted octanol–water partition coefficient (Wildman–Crippen LogP) is -0.494. The Morgan fingerprint density at radius 3 is 2.23 bits per heavy atom. The van der Waals surface area contributed by atoms with Crippen LogP contribution in [0.25, 0.3) is 0 Å². The van der Waals surface area contributed by atoms with Gasteiger partial charge in [-0.2, -0.15) is 4.31 Å². The highest BCUT2D eigenvalue weighted by Crippen LogP contribution is 2.18. The van der Waals surface area contributed by atoms with Crippen LogP contribution in [0.3, 0.4) is 0 Å². The van der Waals surface area contributed by atoms with Crippen molar-refractivity contribution in [3.63, 3.8) is 0 Å². The van der Waals surface area contributed by atoms with Gasteiger partial charge in [0.1, 0.15) is 0 Å². The summed E-state index contributed by atoms with van der Waals surface area (Å²) in [5, 5.41) is 2.48. The zero-order chi connectivity index (χ0) is 19.3. The number of piperazine rings is 1. The van der Waals surface area contributed by atoms with Crippen LogP contribution in [-0.4, -0.2) is 87.7 Å². The molecule has 26 heavy (non-hydrogen) atoms. The summed E-state index contributed by atoms with van der Waals surface area (Å²) in [6.07, 6.45) is 0. The molecule has 1 N–H and O–H groups in total. The van der Waals surface area contributed by atoms with E-state index in [-0.39, 0.29) is 29.8 Å². The fourth-order valence-electron chi connectivity index (χ4n) is 2.68. The van der Waals surface area contributed by atoms with E-state index < -0.39 is 10.0 Å². The number of carbonyl (C=O) groups is 2. The summed E-state index contributed by atoms with van der Waals surface area (Å²) in [5.74, 6) is -0.390. The quantitative estimate of drug-likeness (QED) is 0.717. The maximum absolute atomic E-state index is 12.7. The minimum absolute atomic E-state index is 0.0110. The smallest absolute Gasteiger partial charge is 0.243 e. The maximum atomic E-state index is 12.7. The molecule has 2 rings (SSSR count). The van der Waals surface area contributed by atoms with Crippen molar-refractivity contribution in [3.05, 3.63) is 29.8 Å². The maximum Gasteiger partial charge on any atom is 0.243 e. The molecule has 0 aromatic heterocycles. The molecule has 1 aromatic carbocycles. The molecule has 1 aliphatic rings. The summed E-state index contributed by atoms with van der Waals surface area (Å²) >= 11 is 0. The van der Waals surface area contributed by atoms with Gasteiger partial charge in [0.2, 0.25) is 21.8 Å². The number of rotatable bonds is 6. The first-order chi connectivity index (χ1) is 12.2. The molecule has 1 aromatic rings. The second-order valence-electron chi connectivity index (χ2n) is 6.42. The second-order valence-corrected chi connectivity index (χ2v) is 8.35. The number of sulfonamides is 1. The number of benzene rings is 1. The lowest BCUT2D eigenvalue weighted by Gasteiger charge is -2.34. The monoisotopic (exact) mass is 382 g/mol. The molecule has 0 atom stereocenters. The minimum atomic E-state index is -3.51. The number of amides is 2. The van der Waals surface area contributed by atoms with Crippen molar-refractivity contribution in [2.75, 3.05) is 53.4 Å². The number of nitrogens with one attached hydrogen (secondary N) is 1. The highest BCUT2D eigenvalue weighted by Gasteiger charge is 2.29. The standard InChI is InChI=1S/C17H26N4O4S/c1-14-4-6-15(7-5-14)26(24,25)21-10-8-20(9-11-21)13-17(23)19(3)12-16(22)18-2/h4-7H,8-13H2,1-3H3,(H,18,22). The molecule has 1 saturated heterocycles. The normalized spacial score (nSPS) is 16.3. The van der Waals surface area contributed by atoms with E-state index in [4.69, 9.17) is 0 Å². The Balaban J connectivity index is 1.89. The molecule has 144 valence electrons. The Bertz CT molecular complexity index is 741. The topological polar surface area (TPSA) is 90.0 Å². The van der Waals surface area contributed by atoms with Gasteiger partial charge in [0.15, 0.2) is 0 Å². The van der Waals surface area contributed by atoms with Gasteiger partial charge < -0.3 is 10.2 Å². The Kier molecular flexibility index (Phi) is 6.74. The van der Waals surface area contributed by atoms with Gasteiger partial charge in [-0.25, -0.2) is 8.42 Å². The van der Waals surface area contributed by atoms with Crippen LogP contribution >= 0.6 is 0 Å². The summed E-state index contributed by atoms with van der Waals surface area (Å²) < 4.78 is 26.8. The molecule has 0 unspecified atom stereocenters. The van der Waals surface area contributed by atoms with E-state index in [2.05, 4.69) is 5.32 Å². The molecule has 0 saturated carbocycles. The van der Waals surface area contributed by atoms with Crippen molar-refractivity contribution in [1.82, 2.24) is 19.4 Å². The molecule has 1 aliphatic heterocycles. The third kappa shape index (κ3) is 5.03. The largest absolute Gasteiger partial charge is 0.358 e. The Morgan fingerprint density at radius 1 is 1.12 bits per heavy atom. The van der Waals surface area contributed by atoms with E-state index in [0.29, 0.717) is 26.2 Å². The molecule has 1 fully saturated rings. The number of likely N-dealkylation sites (N-methyl/N-ethyl adjacent to an activating group) is 2. The summed E-state index contributed by atoms with van der Waals surface area (Å²) in [4.78, 5) is 27.1. The van der Waals surface area contributed by atoms with Gasteiger partial charge in [-0.15, -0.1) is 0 Å². The molecule has 0 spiro atoms. The fourth-order valence-corrected chi connectivity index (χ4v) is 4.10.